The molecule has 1 N–H and O–H groups in total. The molecule has 0 aromatic carbocycles. The molecule has 0 aromatic rings. The Hall–Kier alpha value is -0.0800. The lowest BCUT2D eigenvalue weighted by molar-refractivity contribution is -0.212. The Morgan fingerprint density at radius 1 is 1.25 bits per heavy atom. The number of ether oxygens (including phenoxy) is 1. The van der Waals surface area contributed by atoms with E-state index in [0.29, 0.717) is 6.04 Å². The molecule has 1 saturated heterocycles. The van der Waals surface area contributed by atoms with Gasteiger partial charge in [0.05, 0.1) is 5.60 Å². The molecule has 1 spiro atoms. The molecule has 1 atom stereocenters. The Labute approximate surface area is 100 Å². The third-order valence-corrected chi connectivity index (χ3v) is 4.27. The van der Waals surface area contributed by atoms with Crippen molar-refractivity contribution in [3.8, 4) is 0 Å². The highest BCUT2D eigenvalue weighted by Crippen LogP contribution is 2.41. The van der Waals surface area contributed by atoms with Crippen LogP contribution in [0.5, 0.6) is 0 Å². The topological polar surface area (TPSA) is 21.3 Å². The largest absolute Gasteiger partial charge is 0.355 e. The molecular formula is C14H27NO. The van der Waals surface area contributed by atoms with E-state index in [1.165, 1.54) is 32.1 Å². The molecule has 16 heavy (non-hydrogen) atoms. The van der Waals surface area contributed by atoms with Crippen LogP contribution in [0.3, 0.4) is 0 Å². The van der Waals surface area contributed by atoms with E-state index in [9.17, 15) is 0 Å². The molecule has 1 unspecified atom stereocenters. The smallest absolute Gasteiger partial charge is 0.120 e. The molecule has 2 nitrogen and oxygen atoms in total. The van der Waals surface area contributed by atoms with E-state index >= 15 is 0 Å². The van der Waals surface area contributed by atoms with Crippen LogP contribution in [-0.2, 0) is 4.74 Å². The summed E-state index contributed by atoms with van der Waals surface area (Å²) < 4.78 is 6.35. The zero-order valence-corrected chi connectivity index (χ0v) is 11.3. The minimum atomic E-state index is -0.00711. The Kier molecular flexibility index (Phi) is 3.33. The zero-order valence-electron chi connectivity index (χ0n) is 11.3. The van der Waals surface area contributed by atoms with Gasteiger partial charge < -0.3 is 4.74 Å². The van der Waals surface area contributed by atoms with Gasteiger partial charge in [0.2, 0.25) is 0 Å². The molecule has 1 saturated carbocycles. The number of rotatable bonds is 1. The molecule has 0 amide bonds. The third kappa shape index (κ3) is 2.60. The molecule has 2 rings (SSSR count). The summed E-state index contributed by atoms with van der Waals surface area (Å²) in [7, 11) is 0. The first-order valence-electron chi connectivity index (χ1n) is 6.93. The van der Waals surface area contributed by atoms with E-state index in [2.05, 4.69) is 33.0 Å². The Bertz CT molecular complexity index is 241. The average molecular weight is 225 g/mol. The second-order valence-corrected chi connectivity index (χ2v) is 6.46. The van der Waals surface area contributed by atoms with Crippen LogP contribution in [0.2, 0.25) is 0 Å². The van der Waals surface area contributed by atoms with Crippen LogP contribution >= 0.6 is 0 Å². The minimum absolute atomic E-state index is 0.00711. The van der Waals surface area contributed by atoms with E-state index in [1.807, 2.05) is 0 Å². The molecular weight excluding hydrogens is 198 g/mol. The van der Waals surface area contributed by atoms with Crippen molar-refractivity contribution in [2.75, 3.05) is 0 Å². The van der Waals surface area contributed by atoms with Gasteiger partial charge in [0.1, 0.15) is 5.72 Å². The summed E-state index contributed by atoms with van der Waals surface area (Å²) in [5.74, 6) is 0.927. The molecule has 0 aromatic heterocycles. The number of hydrogen-bond donors (Lipinski definition) is 1. The lowest BCUT2D eigenvalue weighted by Gasteiger charge is -2.51. The van der Waals surface area contributed by atoms with Gasteiger partial charge >= 0.3 is 0 Å². The fourth-order valence-electron chi connectivity index (χ4n) is 3.64. The van der Waals surface area contributed by atoms with Gasteiger partial charge in [0.15, 0.2) is 0 Å². The summed E-state index contributed by atoms with van der Waals surface area (Å²) in [6, 6.07) is 0.585. The second-order valence-electron chi connectivity index (χ2n) is 6.46. The van der Waals surface area contributed by atoms with Crippen LogP contribution in [0.15, 0.2) is 0 Å². The maximum Gasteiger partial charge on any atom is 0.120 e. The van der Waals surface area contributed by atoms with Crippen LogP contribution in [0.25, 0.3) is 0 Å². The lowest BCUT2D eigenvalue weighted by Crippen LogP contribution is -2.62. The van der Waals surface area contributed by atoms with Crippen molar-refractivity contribution >= 4 is 0 Å². The highest BCUT2D eigenvalue weighted by Gasteiger charge is 2.44. The predicted molar refractivity (Wildman–Crippen MR) is 67.4 cm³/mol. The van der Waals surface area contributed by atoms with E-state index in [1.54, 1.807) is 0 Å². The fraction of sp³-hybridized carbons (Fsp3) is 1.00. The summed E-state index contributed by atoms with van der Waals surface area (Å²) in [4.78, 5) is 0. The van der Waals surface area contributed by atoms with Crippen LogP contribution in [-0.4, -0.2) is 17.4 Å². The van der Waals surface area contributed by atoms with Crippen molar-refractivity contribution in [2.24, 2.45) is 5.92 Å². The van der Waals surface area contributed by atoms with Gasteiger partial charge in [-0.2, -0.15) is 0 Å². The van der Waals surface area contributed by atoms with Gasteiger partial charge in [-0.15, -0.1) is 0 Å². The summed E-state index contributed by atoms with van der Waals surface area (Å²) in [6.45, 7) is 9.07. The SMILES string of the molecule is CCC1CCC2(CC1)NC(C)CC(C)(C)O2. The van der Waals surface area contributed by atoms with Crippen molar-refractivity contribution < 1.29 is 4.74 Å². The van der Waals surface area contributed by atoms with E-state index < -0.39 is 0 Å². The molecule has 1 aliphatic heterocycles. The first-order chi connectivity index (χ1) is 7.45. The maximum absolute atomic E-state index is 6.35. The fourth-order valence-corrected chi connectivity index (χ4v) is 3.64. The van der Waals surface area contributed by atoms with Gasteiger partial charge in [0.25, 0.3) is 0 Å². The summed E-state index contributed by atoms with van der Waals surface area (Å²) in [5, 5.41) is 3.71. The highest BCUT2D eigenvalue weighted by molar-refractivity contribution is 4.94. The predicted octanol–water partition coefficient (Wildman–Crippen LogP) is 3.46. The maximum atomic E-state index is 6.35. The van der Waals surface area contributed by atoms with Crippen molar-refractivity contribution in [3.63, 3.8) is 0 Å². The van der Waals surface area contributed by atoms with E-state index in [4.69, 9.17) is 4.74 Å². The Balaban J connectivity index is 2.02. The van der Waals surface area contributed by atoms with Crippen molar-refractivity contribution in [3.05, 3.63) is 0 Å². The molecule has 1 aliphatic carbocycles. The number of hydrogen-bond acceptors (Lipinski definition) is 2. The molecule has 1 heterocycles. The van der Waals surface area contributed by atoms with Crippen LogP contribution < -0.4 is 5.32 Å². The van der Waals surface area contributed by atoms with Crippen molar-refractivity contribution in [1.82, 2.24) is 5.32 Å². The monoisotopic (exact) mass is 225 g/mol. The first kappa shape index (κ1) is 12.4. The molecule has 0 radical (unpaired) electrons. The van der Waals surface area contributed by atoms with E-state index in [-0.39, 0.29) is 11.3 Å². The summed E-state index contributed by atoms with van der Waals surface area (Å²) in [6.07, 6.45) is 7.48. The Morgan fingerprint density at radius 3 is 2.38 bits per heavy atom. The molecule has 0 bridgehead atoms. The van der Waals surface area contributed by atoms with Crippen LogP contribution in [0, 0.1) is 5.92 Å². The minimum Gasteiger partial charge on any atom is -0.355 e. The quantitative estimate of drug-likeness (QED) is 0.738. The van der Waals surface area contributed by atoms with Crippen LogP contribution in [0.4, 0.5) is 0 Å². The van der Waals surface area contributed by atoms with Gasteiger partial charge in [-0.1, -0.05) is 13.3 Å². The lowest BCUT2D eigenvalue weighted by atomic mass is 9.79. The number of nitrogens with one attached hydrogen (secondary N) is 1. The zero-order chi connectivity index (χ0) is 11.8. The molecule has 94 valence electrons. The van der Waals surface area contributed by atoms with Gasteiger partial charge in [-0.3, -0.25) is 5.32 Å². The van der Waals surface area contributed by atoms with Gasteiger partial charge in [-0.05, 0) is 58.8 Å². The summed E-state index contributed by atoms with van der Waals surface area (Å²) in [5.41, 5.74) is 0.0382. The summed E-state index contributed by atoms with van der Waals surface area (Å²) >= 11 is 0. The Morgan fingerprint density at radius 2 is 1.88 bits per heavy atom. The highest BCUT2D eigenvalue weighted by atomic mass is 16.5. The van der Waals surface area contributed by atoms with Gasteiger partial charge in [0, 0.05) is 6.04 Å². The molecule has 2 heteroatoms. The molecule has 2 aliphatic rings. The van der Waals surface area contributed by atoms with Crippen LogP contribution in [0.1, 0.15) is 66.2 Å². The first-order valence-corrected chi connectivity index (χ1v) is 6.93. The van der Waals surface area contributed by atoms with E-state index in [0.717, 1.165) is 12.3 Å². The average Bonchev–Trinajstić information content (AvgIpc) is 2.15. The van der Waals surface area contributed by atoms with Gasteiger partial charge in [-0.25, -0.2) is 0 Å². The molecule has 2 fully saturated rings. The van der Waals surface area contributed by atoms with Crippen molar-refractivity contribution in [2.45, 2.75) is 83.6 Å². The standard InChI is InChI=1S/C14H27NO/c1-5-12-6-8-14(9-7-12)15-11(2)10-13(3,4)16-14/h11-12,15H,5-10H2,1-4H3. The normalized spacial score (nSPS) is 43.5. The van der Waals surface area contributed by atoms with Crippen molar-refractivity contribution in [1.29, 1.82) is 0 Å². The third-order valence-electron chi connectivity index (χ3n) is 4.27. The second kappa shape index (κ2) is 4.30.